The van der Waals surface area contributed by atoms with Gasteiger partial charge in [-0.15, -0.1) is 5.10 Å². The number of nitrogens with one attached hydrogen (secondary N) is 1. The number of amides is 1. The number of aryl methyl sites for hydroxylation is 2. The zero-order valence-electron chi connectivity index (χ0n) is 22.0. The molecule has 11 nitrogen and oxygen atoms in total. The van der Waals surface area contributed by atoms with Crippen LogP contribution in [0.2, 0.25) is 0 Å². The predicted octanol–water partition coefficient (Wildman–Crippen LogP) is 4.12. The van der Waals surface area contributed by atoms with Gasteiger partial charge >= 0.3 is 0 Å². The number of halogens is 1. The van der Waals surface area contributed by atoms with Crippen LogP contribution in [0, 0.1) is 12.7 Å². The van der Waals surface area contributed by atoms with Gasteiger partial charge in [-0.1, -0.05) is 11.8 Å². The number of aromatic nitrogens is 6. The molecular formula is C28H26FN9O2. The van der Waals surface area contributed by atoms with Crippen molar-refractivity contribution in [2.45, 2.75) is 6.92 Å². The number of fused-ring (bicyclic) bond motifs is 2. The van der Waals surface area contributed by atoms with Gasteiger partial charge in [-0.05, 0) is 48.9 Å². The molecule has 3 aromatic heterocycles. The first kappa shape index (κ1) is 25.2. The van der Waals surface area contributed by atoms with E-state index in [1.165, 1.54) is 18.5 Å². The molecule has 1 fully saturated rings. The molecule has 0 unspecified atom stereocenters. The van der Waals surface area contributed by atoms with Gasteiger partial charge in [0.15, 0.2) is 17.5 Å². The Balaban J connectivity index is 1.23. The zero-order chi connectivity index (χ0) is 27.8. The normalized spacial score (nSPS) is 13.6. The van der Waals surface area contributed by atoms with Crippen LogP contribution in [0.25, 0.3) is 22.1 Å². The van der Waals surface area contributed by atoms with Crippen LogP contribution in [0.3, 0.4) is 0 Å². The second kappa shape index (κ2) is 10.2. The van der Waals surface area contributed by atoms with E-state index in [0.29, 0.717) is 54.5 Å². The van der Waals surface area contributed by atoms with Crippen LogP contribution in [0.5, 0.6) is 11.5 Å². The summed E-state index contributed by atoms with van der Waals surface area (Å²) in [7, 11) is 1.84. The number of hydrogen-bond acceptors (Lipinski definition) is 9. The third-order valence-electron chi connectivity index (χ3n) is 6.86. The molecule has 1 amide bonds. The minimum Gasteiger partial charge on any atom is -0.457 e. The number of hydrogen-bond donors (Lipinski definition) is 1. The highest BCUT2D eigenvalue weighted by Gasteiger charge is 2.24. The fourth-order valence-corrected chi connectivity index (χ4v) is 4.72. The molecule has 0 bridgehead atoms. The van der Waals surface area contributed by atoms with Gasteiger partial charge in [0.05, 0.1) is 11.0 Å². The van der Waals surface area contributed by atoms with E-state index in [1.807, 2.05) is 55.3 Å². The van der Waals surface area contributed by atoms with Crippen molar-refractivity contribution < 1.29 is 13.9 Å². The molecule has 0 spiro atoms. The molecule has 1 saturated heterocycles. The topological polar surface area (TPSA) is 114 Å². The summed E-state index contributed by atoms with van der Waals surface area (Å²) in [6.45, 7) is 7.31. The van der Waals surface area contributed by atoms with Gasteiger partial charge in [-0.25, -0.2) is 24.0 Å². The highest BCUT2D eigenvalue weighted by Crippen LogP contribution is 2.31. The molecular weight excluding hydrogens is 513 g/mol. The molecule has 1 aliphatic heterocycles. The molecule has 0 atom stereocenters. The first-order valence-corrected chi connectivity index (χ1v) is 12.7. The molecule has 5 aromatic rings. The average molecular weight is 540 g/mol. The van der Waals surface area contributed by atoms with Crippen LogP contribution in [-0.4, -0.2) is 66.9 Å². The maximum absolute atomic E-state index is 15.0. The van der Waals surface area contributed by atoms with E-state index in [4.69, 9.17) is 4.74 Å². The van der Waals surface area contributed by atoms with Crippen molar-refractivity contribution in [3.05, 3.63) is 72.8 Å². The van der Waals surface area contributed by atoms with Gasteiger partial charge in [0.2, 0.25) is 5.91 Å². The second-order valence-electron chi connectivity index (χ2n) is 9.47. The van der Waals surface area contributed by atoms with Crippen molar-refractivity contribution in [3.63, 3.8) is 0 Å². The summed E-state index contributed by atoms with van der Waals surface area (Å²) in [4.78, 5) is 28.6. The van der Waals surface area contributed by atoms with Crippen molar-refractivity contribution >= 4 is 45.3 Å². The summed E-state index contributed by atoms with van der Waals surface area (Å²) < 4.78 is 22.9. The molecule has 6 rings (SSSR count). The summed E-state index contributed by atoms with van der Waals surface area (Å²) in [6.07, 6.45) is 2.66. The Bertz CT molecular complexity index is 1760. The number of ether oxygens (including phenoxy) is 1. The Labute approximate surface area is 228 Å². The van der Waals surface area contributed by atoms with Crippen LogP contribution in [0.15, 0.2) is 61.4 Å². The lowest BCUT2D eigenvalue weighted by molar-refractivity contribution is -0.126. The van der Waals surface area contributed by atoms with Gasteiger partial charge in [0.25, 0.3) is 0 Å². The standard InChI is InChI=1S/C28H26FN9O2/c1-4-25(39)37-9-11-38(12-10-37)28-20(29)15-22-26(33-28)27(31-16-30-22)32-18-5-8-24(17(2)13-18)40-19-6-7-23-21(14-19)34-35-36(23)3/h4-8,13-16H,1,9-12H2,2-3H3,(H,30,31,32). The van der Waals surface area contributed by atoms with E-state index in [2.05, 4.69) is 37.2 Å². The van der Waals surface area contributed by atoms with Crippen molar-refractivity contribution in [2.24, 2.45) is 7.05 Å². The Hall–Kier alpha value is -5.13. The highest BCUT2D eigenvalue weighted by molar-refractivity contribution is 5.89. The first-order chi connectivity index (χ1) is 19.4. The molecule has 202 valence electrons. The molecule has 40 heavy (non-hydrogen) atoms. The number of anilines is 3. The number of benzene rings is 2. The van der Waals surface area contributed by atoms with E-state index in [0.717, 1.165) is 22.3 Å². The van der Waals surface area contributed by atoms with Crippen molar-refractivity contribution in [2.75, 3.05) is 36.4 Å². The summed E-state index contributed by atoms with van der Waals surface area (Å²) in [6, 6.07) is 12.7. The molecule has 12 heteroatoms. The third kappa shape index (κ3) is 4.75. The number of carbonyl (C=O) groups is 1. The minimum atomic E-state index is -0.474. The van der Waals surface area contributed by atoms with Gasteiger partial charge in [-0.2, -0.15) is 0 Å². The summed E-state index contributed by atoms with van der Waals surface area (Å²) in [5.41, 5.74) is 4.16. The average Bonchev–Trinajstić information content (AvgIpc) is 3.33. The van der Waals surface area contributed by atoms with Crippen LogP contribution >= 0.6 is 0 Å². The Morgan fingerprint density at radius 2 is 1.90 bits per heavy atom. The fraction of sp³-hybridized carbons (Fsp3) is 0.214. The molecule has 4 heterocycles. The summed E-state index contributed by atoms with van der Waals surface area (Å²) >= 11 is 0. The number of piperazine rings is 1. The highest BCUT2D eigenvalue weighted by atomic mass is 19.1. The monoisotopic (exact) mass is 539 g/mol. The molecule has 1 aliphatic rings. The van der Waals surface area contributed by atoms with E-state index in [9.17, 15) is 4.79 Å². The molecule has 0 aliphatic carbocycles. The van der Waals surface area contributed by atoms with Crippen molar-refractivity contribution in [3.8, 4) is 11.5 Å². The fourth-order valence-electron chi connectivity index (χ4n) is 4.72. The number of rotatable bonds is 6. The lowest BCUT2D eigenvalue weighted by Crippen LogP contribution is -2.48. The molecule has 1 N–H and O–H groups in total. The van der Waals surface area contributed by atoms with Gasteiger partial charge in [0.1, 0.15) is 28.9 Å². The minimum absolute atomic E-state index is 0.134. The third-order valence-corrected chi connectivity index (χ3v) is 6.86. The predicted molar refractivity (Wildman–Crippen MR) is 149 cm³/mol. The van der Waals surface area contributed by atoms with Gasteiger partial charge in [-0.3, -0.25) is 4.79 Å². The van der Waals surface area contributed by atoms with Crippen LogP contribution in [0.1, 0.15) is 5.56 Å². The zero-order valence-corrected chi connectivity index (χ0v) is 22.0. The Morgan fingerprint density at radius 1 is 1.07 bits per heavy atom. The van der Waals surface area contributed by atoms with Crippen LogP contribution in [0.4, 0.5) is 21.7 Å². The molecule has 2 aromatic carbocycles. The SMILES string of the molecule is C=CC(=O)N1CCN(c2nc3c(Nc4ccc(Oc5ccc6c(c5)nnn6C)c(C)c4)ncnc3cc2F)CC1. The smallest absolute Gasteiger partial charge is 0.246 e. The maximum Gasteiger partial charge on any atom is 0.246 e. The largest absolute Gasteiger partial charge is 0.457 e. The lowest BCUT2D eigenvalue weighted by atomic mass is 10.2. The van der Waals surface area contributed by atoms with Crippen LogP contribution < -0.4 is 15.0 Å². The lowest BCUT2D eigenvalue weighted by Gasteiger charge is -2.35. The Morgan fingerprint density at radius 3 is 2.67 bits per heavy atom. The quantitative estimate of drug-likeness (QED) is 0.318. The maximum atomic E-state index is 15.0. The number of pyridine rings is 1. The number of carbonyl (C=O) groups excluding carboxylic acids is 1. The van der Waals surface area contributed by atoms with E-state index < -0.39 is 5.82 Å². The van der Waals surface area contributed by atoms with E-state index >= 15 is 4.39 Å². The molecule has 0 radical (unpaired) electrons. The van der Waals surface area contributed by atoms with Crippen molar-refractivity contribution in [1.82, 2.24) is 34.8 Å². The summed E-state index contributed by atoms with van der Waals surface area (Å²) in [5, 5.41) is 11.5. The second-order valence-corrected chi connectivity index (χ2v) is 9.47. The number of nitrogens with zero attached hydrogens (tertiary/aromatic N) is 8. The van der Waals surface area contributed by atoms with Gasteiger partial charge < -0.3 is 19.9 Å². The summed E-state index contributed by atoms with van der Waals surface area (Å²) in [5.74, 6) is 1.40. The van der Waals surface area contributed by atoms with E-state index in [1.54, 1.807) is 9.58 Å². The van der Waals surface area contributed by atoms with E-state index in [-0.39, 0.29) is 11.7 Å². The molecule has 0 saturated carbocycles. The Kier molecular flexibility index (Phi) is 6.42. The first-order valence-electron chi connectivity index (χ1n) is 12.7. The van der Waals surface area contributed by atoms with Crippen LogP contribution in [-0.2, 0) is 11.8 Å². The van der Waals surface area contributed by atoms with Gasteiger partial charge in [0, 0.05) is 51.0 Å². The van der Waals surface area contributed by atoms with Crippen molar-refractivity contribution in [1.29, 1.82) is 0 Å².